The summed E-state index contributed by atoms with van der Waals surface area (Å²) in [7, 11) is 1.67. The number of ether oxygens (including phenoxy) is 1. The van der Waals surface area contributed by atoms with E-state index in [4.69, 9.17) is 16.3 Å². The number of aromatic amines is 2. The van der Waals surface area contributed by atoms with Crippen molar-refractivity contribution in [3.05, 3.63) is 65.4 Å². The molecule has 0 saturated carbocycles. The predicted molar refractivity (Wildman–Crippen MR) is 103 cm³/mol. The maximum absolute atomic E-state index is 6.03. The highest BCUT2D eigenvalue weighted by Gasteiger charge is 2.08. The Morgan fingerprint density at radius 2 is 1.96 bits per heavy atom. The molecule has 4 nitrogen and oxygen atoms in total. The first kappa shape index (κ1) is 16.1. The van der Waals surface area contributed by atoms with Crippen LogP contribution in [0.1, 0.15) is 5.69 Å². The molecule has 0 aliphatic carbocycles. The van der Waals surface area contributed by atoms with Gasteiger partial charge in [-0.05, 0) is 48.0 Å². The van der Waals surface area contributed by atoms with Gasteiger partial charge in [-0.3, -0.25) is 5.10 Å². The lowest BCUT2D eigenvalue weighted by molar-refractivity contribution is 0.415. The SMILES string of the molecule is COc1ccc(-c2cc(CSc3c[nH]c4cc(Cl)ccc34)n[nH]2)cc1. The molecule has 4 rings (SSSR count). The van der Waals surface area contributed by atoms with Crippen molar-refractivity contribution in [2.75, 3.05) is 7.11 Å². The van der Waals surface area contributed by atoms with Crippen LogP contribution in [0.3, 0.4) is 0 Å². The number of nitrogens with zero attached hydrogens (tertiary/aromatic N) is 1. The van der Waals surface area contributed by atoms with Crippen molar-refractivity contribution < 1.29 is 4.74 Å². The van der Waals surface area contributed by atoms with Crippen molar-refractivity contribution in [1.29, 1.82) is 0 Å². The second kappa shape index (κ2) is 6.86. The molecular weight excluding hydrogens is 354 g/mol. The van der Waals surface area contributed by atoms with E-state index in [0.29, 0.717) is 0 Å². The Morgan fingerprint density at radius 1 is 1.12 bits per heavy atom. The van der Waals surface area contributed by atoms with Gasteiger partial charge in [-0.25, -0.2) is 0 Å². The number of fused-ring (bicyclic) bond motifs is 1. The van der Waals surface area contributed by atoms with Crippen molar-refractivity contribution in [2.24, 2.45) is 0 Å². The molecule has 2 heterocycles. The first-order valence-corrected chi connectivity index (χ1v) is 9.17. The Kier molecular flexibility index (Phi) is 4.42. The van der Waals surface area contributed by atoms with E-state index in [0.717, 1.165) is 39.0 Å². The van der Waals surface area contributed by atoms with Gasteiger partial charge in [-0.15, -0.1) is 11.8 Å². The van der Waals surface area contributed by atoms with Crippen LogP contribution < -0.4 is 4.74 Å². The largest absolute Gasteiger partial charge is 0.497 e. The number of aromatic nitrogens is 3. The molecule has 126 valence electrons. The lowest BCUT2D eigenvalue weighted by Crippen LogP contribution is -1.82. The van der Waals surface area contributed by atoms with E-state index in [1.165, 1.54) is 10.3 Å². The normalized spacial score (nSPS) is 11.1. The first-order valence-electron chi connectivity index (χ1n) is 7.81. The maximum Gasteiger partial charge on any atom is 0.118 e. The molecule has 0 aliphatic rings. The third-order valence-electron chi connectivity index (χ3n) is 4.01. The summed E-state index contributed by atoms with van der Waals surface area (Å²) in [6.07, 6.45) is 2.02. The Bertz CT molecular complexity index is 1010. The van der Waals surface area contributed by atoms with Gasteiger partial charge in [0.25, 0.3) is 0 Å². The van der Waals surface area contributed by atoms with Crippen LogP contribution >= 0.6 is 23.4 Å². The van der Waals surface area contributed by atoms with Crippen LogP contribution in [-0.4, -0.2) is 22.3 Å². The van der Waals surface area contributed by atoms with Crippen LogP contribution in [-0.2, 0) is 5.75 Å². The van der Waals surface area contributed by atoms with Crippen molar-refractivity contribution in [2.45, 2.75) is 10.6 Å². The lowest BCUT2D eigenvalue weighted by atomic mass is 10.1. The third kappa shape index (κ3) is 3.38. The van der Waals surface area contributed by atoms with E-state index in [2.05, 4.69) is 21.2 Å². The van der Waals surface area contributed by atoms with Crippen molar-refractivity contribution >= 4 is 34.3 Å². The Morgan fingerprint density at radius 3 is 2.76 bits per heavy atom. The molecule has 0 saturated heterocycles. The quantitative estimate of drug-likeness (QED) is 0.456. The average Bonchev–Trinajstić information content (AvgIpc) is 3.26. The summed E-state index contributed by atoms with van der Waals surface area (Å²) in [6.45, 7) is 0. The predicted octanol–water partition coefficient (Wildman–Crippen LogP) is 5.51. The molecular formula is C19H16ClN3OS. The summed E-state index contributed by atoms with van der Waals surface area (Å²) in [4.78, 5) is 4.46. The molecule has 0 aliphatic heterocycles. The second-order valence-electron chi connectivity index (χ2n) is 5.63. The summed E-state index contributed by atoms with van der Waals surface area (Å²) in [5.74, 6) is 1.64. The zero-order valence-corrected chi connectivity index (χ0v) is 15.1. The average molecular weight is 370 g/mol. The van der Waals surface area contributed by atoms with E-state index < -0.39 is 0 Å². The number of hydrogen-bond donors (Lipinski definition) is 2. The van der Waals surface area contributed by atoms with E-state index in [1.54, 1.807) is 18.9 Å². The highest BCUT2D eigenvalue weighted by molar-refractivity contribution is 7.98. The molecule has 0 spiro atoms. The molecule has 2 N–H and O–H groups in total. The zero-order valence-electron chi connectivity index (χ0n) is 13.5. The molecule has 0 bridgehead atoms. The molecule has 25 heavy (non-hydrogen) atoms. The Labute approximate surface area is 154 Å². The fourth-order valence-electron chi connectivity index (χ4n) is 2.70. The standard InChI is InChI=1S/C19H16ClN3OS/c1-24-15-5-2-12(3-6-15)17-9-14(22-23-17)11-25-19-10-21-18-8-13(20)4-7-16(18)19/h2-10,21H,11H2,1H3,(H,22,23). The van der Waals surface area contributed by atoms with E-state index >= 15 is 0 Å². The summed E-state index contributed by atoms with van der Waals surface area (Å²) in [5, 5.41) is 9.44. The monoisotopic (exact) mass is 369 g/mol. The van der Waals surface area contributed by atoms with Crippen LogP contribution in [0.5, 0.6) is 5.75 Å². The molecule has 0 unspecified atom stereocenters. The second-order valence-corrected chi connectivity index (χ2v) is 7.09. The van der Waals surface area contributed by atoms with E-state index in [9.17, 15) is 0 Å². The minimum atomic E-state index is 0.738. The minimum absolute atomic E-state index is 0.738. The number of rotatable bonds is 5. The lowest BCUT2D eigenvalue weighted by Gasteiger charge is -2.00. The molecule has 2 aromatic heterocycles. The van der Waals surface area contributed by atoms with Crippen LogP contribution in [0.15, 0.2) is 59.6 Å². The number of methoxy groups -OCH3 is 1. The van der Waals surface area contributed by atoms with Gasteiger partial charge in [0.15, 0.2) is 0 Å². The molecule has 6 heteroatoms. The highest BCUT2D eigenvalue weighted by Crippen LogP contribution is 2.32. The third-order valence-corrected chi connectivity index (χ3v) is 5.34. The topological polar surface area (TPSA) is 53.7 Å². The van der Waals surface area contributed by atoms with Gasteiger partial charge in [-0.1, -0.05) is 17.7 Å². The van der Waals surface area contributed by atoms with Crippen LogP contribution in [0.4, 0.5) is 0 Å². The number of nitrogens with one attached hydrogen (secondary N) is 2. The molecule has 2 aromatic carbocycles. The number of benzene rings is 2. The van der Waals surface area contributed by atoms with E-state index in [-0.39, 0.29) is 0 Å². The Balaban J connectivity index is 1.48. The molecule has 0 fully saturated rings. The van der Waals surface area contributed by atoms with Crippen LogP contribution in [0.2, 0.25) is 5.02 Å². The van der Waals surface area contributed by atoms with Crippen molar-refractivity contribution in [1.82, 2.24) is 15.2 Å². The Hall–Kier alpha value is -2.37. The van der Waals surface area contributed by atoms with Gasteiger partial charge in [0, 0.05) is 32.8 Å². The van der Waals surface area contributed by atoms with Crippen LogP contribution in [0, 0.1) is 0 Å². The summed E-state index contributed by atoms with van der Waals surface area (Å²) in [5.41, 5.74) is 4.16. The number of H-pyrrole nitrogens is 2. The van der Waals surface area contributed by atoms with Gasteiger partial charge in [0.1, 0.15) is 5.75 Å². The highest BCUT2D eigenvalue weighted by atomic mass is 35.5. The summed E-state index contributed by atoms with van der Waals surface area (Å²) in [6, 6.07) is 15.9. The van der Waals surface area contributed by atoms with Gasteiger partial charge in [-0.2, -0.15) is 5.10 Å². The molecule has 0 atom stereocenters. The van der Waals surface area contributed by atoms with Gasteiger partial charge in [0.2, 0.25) is 0 Å². The van der Waals surface area contributed by atoms with Gasteiger partial charge >= 0.3 is 0 Å². The minimum Gasteiger partial charge on any atom is -0.497 e. The molecule has 4 aromatic rings. The van der Waals surface area contributed by atoms with Gasteiger partial charge in [0.05, 0.1) is 18.5 Å². The number of thioether (sulfide) groups is 1. The fraction of sp³-hybridized carbons (Fsp3) is 0.105. The zero-order chi connectivity index (χ0) is 17.2. The first-order chi connectivity index (χ1) is 12.2. The number of halogens is 1. The van der Waals surface area contributed by atoms with Gasteiger partial charge < -0.3 is 9.72 Å². The van der Waals surface area contributed by atoms with E-state index in [1.807, 2.05) is 48.7 Å². The smallest absolute Gasteiger partial charge is 0.118 e. The van der Waals surface area contributed by atoms with Crippen molar-refractivity contribution in [3.63, 3.8) is 0 Å². The molecule has 0 radical (unpaired) electrons. The summed E-state index contributed by atoms with van der Waals surface area (Å²) < 4.78 is 5.19. The molecule has 0 amide bonds. The number of hydrogen-bond acceptors (Lipinski definition) is 3. The maximum atomic E-state index is 6.03. The van der Waals surface area contributed by atoms with Crippen molar-refractivity contribution in [3.8, 4) is 17.0 Å². The summed E-state index contributed by atoms with van der Waals surface area (Å²) >= 11 is 7.79. The fourth-order valence-corrected chi connectivity index (χ4v) is 3.80. The van der Waals surface area contributed by atoms with Crippen LogP contribution in [0.25, 0.3) is 22.2 Å².